The molecule has 2 atom stereocenters. The van der Waals surface area contributed by atoms with Crippen LogP contribution in [0.15, 0.2) is 22.7 Å². The Kier molecular flexibility index (Phi) is 8.13. The van der Waals surface area contributed by atoms with Crippen LogP contribution in [0.1, 0.15) is 36.9 Å². The van der Waals surface area contributed by atoms with Gasteiger partial charge in [0, 0.05) is 44.0 Å². The van der Waals surface area contributed by atoms with Crippen molar-refractivity contribution in [1.29, 1.82) is 0 Å². The van der Waals surface area contributed by atoms with Crippen LogP contribution in [0.4, 0.5) is 0 Å². The number of fused-ring (bicyclic) bond motifs is 2. The third kappa shape index (κ3) is 4.62. The van der Waals surface area contributed by atoms with Crippen LogP contribution < -0.4 is 5.73 Å². The number of benzene rings is 1. The number of nitrogens with zero attached hydrogens (tertiary/aromatic N) is 3. The lowest BCUT2D eigenvalue weighted by Gasteiger charge is -2.47. The van der Waals surface area contributed by atoms with Crippen molar-refractivity contribution >= 4 is 41.7 Å². The van der Waals surface area contributed by atoms with E-state index in [2.05, 4.69) is 27.1 Å². The number of aromatic nitrogens is 1. The molecular formula is C20H30Cl2N4O2. The van der Waals surface area contributed by atoms with E-state index >= 15 is 0 Å². The zero-order valence-electron chi connectivity index (χ0n) is 16.3. The van der Waals surface area contributed by atoms with E-state index in [-0.39, 0.29) is 24.8 Å². The lowest BCUT2D eigenvalue weighted by Crippen LogP contribution is -2.56. The Balaban J connectivity index is 0.00000140. The highest BCUT2D eigenvalue weighted by atomic mass is 35.5. The summed E-state index contributed by atoms with van der Waals surface area (Å²) in [5.74, 6) is 0.904. The molecule has 0 bridgehead atoms. The number of hydrogen-bond acceptors (Lipinski definition) is 5. The molecule has 4 rings (SSSR count). The first-order chi connectivity index (χ1) is 12.7. The maximum atomic E-state index is 12.3. The first kappa shape index (κ1) is 22.9. The summed E-state index contributed by atoms with van der Waals surface area (Å²) in [7, 11) is 0. The fraction of sp³-hybridized carbons (Fsp3) is 0.600. The van der Waals surface area contributed by atoms with Crippen LogP contribution >= 0.6 is 24.8 Å². The highest BCUT2D eigenvalue weighted by Gasteiger charge is 2.38. The van der Waals surface area contributed by atoms with Gasteiger partial charge in [0.05, 0.1) is 5.69 Å². The molecule has 0 unspecified atom stereocenters. The summed E-state index contributed by atoms with van der Waals surface area (Å²) in [5, 5.41) is 5.15. The summed E-state index contributed by atoms with van der Waals surface area (Å²) in [6.07, 6.45) is 3.67. The zero-order valence-corrected chi connectivity index (χ0v) is 17.9. The fourth-order valence-corrected chi connectivity index (χ4v) is 4.59. The van der Waals surface area contributed by atoms with Gasteiger partial charge in [0.25, 0.3) is 0 Å². The fourth-order valence-electron chi connectivity index (χ4n) is 4.59. The van der Waals surface area contributed by atoms with E-state index < -0.39 is 0 Å². The van der Waals surface area contributed by atoms with Gasteiger partial charge in [-0.15, -0.1) is 24.8 Å². The Hall–Kier alpha value is -1.34. The van der Waals surface area contributed by atoms with Gasteiger partial charge >= 0.3 is 0 Å². The topological polar surface area (TPSA) is 75.6 Å². The average molecular weight is 429 g/mol. The van der Waals surface area contributed by atoms with E-state index in [1.165, 1.54) is 5.56 Å². The predicted octanol–water partition coefficient (Wildman–Crippen LogP) is 3.14. The average Bonchev–Trinajstić information content (AvgIpc) is 3.02. The third-order valence-corrected chi connectivity index (χ3v) is 5.95. The highest BCUT2D eigenvalue weighted by molar-refractivity contribution is 5.85. The molecule has 1 aromatic carbocycles. The largest absolute Gasteiger partial charge is 0.356 e. The SMILES string of the molecule is Cc1noc2ccc(CN3CC[C@@H]4[C@@H](CCC(=O)N4CCCN)C3)cc12.Cl.Cl. The molecule has 0 spiro atoms. The van der Waals surface area contributed by atoms with Gasteiger partial charge in [0.15, 0.2) is 5.58 Å². The molecule has 0 aliphatic carbocycles. The van der Waals surface area contributed by atoms with Crippen molar-refractivity contribution < 1.29 is 9.32 Å². The van der Waals surface area contributed by atoms with E-state index in [0.717, 1.165) is 62.1 Å². The minimum atomic E-state index is 0. The Labute approximate surface area is 178 Å². The van der Waals surface area contributed by atoms with Gasteiger partial charge in [-0.3, -0.25) is 9.69 Å². The second-order valence-corrected chi connectivity index (χ2v) is 7.72. The van der Waals surface area contributed by atoms with Gasteiger partial charge in [-0.25, -0.2) is 0 Å². The van der Waals surface area contributed by atoms with Gasteiger partial charge in [-0.2, -0.15) is 0 Å². The number of hydrogen-bond donors (Lipinski definition) is 1. The monoisotopic (exact) mass is 428 g/mol. The van der Waals surface area contributed by atoms with E-state index in [1.54, 1.807) is 0 Å². The molecule has 2 aromatic rings. The summed E-state index contributed by atoms with van der Waals surface area (Å²) < 4.78 is 5.31. The summed E-state index contributed by atoms with van der Waals surface area (Å²) in [5.41, 5.74) is 8.75. The summed E-state index contributed by atoms with van der Waals surface area (Å²) in [6.45, 7) is 6.50. The van der Waals surface area contributed by atoms with Crippen LogP contribution in [0.25, 0.3) is 11.0 Å². The first-order valence-electron chi connectivity index (χ1n) is 9.72. The number of likely N-dealkylation sites (tertiary alicyclic amines) is 2. The molecule has 2 fully saturated rings. The number of piperidine rings is 2. The van der Waals surface area contributed by atoms with Crippen LogP contribution in [0.3, 0.4) is 0 Å². The Morgan fingerprint density at radius 1 is 1.29 bits per heavy atom. The van der Waals surface area contributed by atoms with Crippen LogP contribution in [0.2, 0.25) is 0 Å². The second-order valence-electron chi connectivity index (χ2n) is 7.72. The van der Waals surface area contributed by atoms with Gasteiger partial charge < -0.3 is 15.2 Å². The molecular weight excluding hydrogens is 399 g/mol. The summed E-state index contributed by atoms with van der Waals surface area (Å²) >= 11 is 0. The minimum absolute atomic E-state index is 0. The van der Waals surface area contributed by atoms with E-state index in [1.807, 2.05) is 13.0 Å². The van der Waals surface area contributed by atoms with Crippen LogP contribution in [0.5, 0.6) is 0 Å². The number of aryl methyl sites for hydroxylation is 1. The number of carbonyl (C=O) groups is 1. The van der Waals surface area contributed by atoms with Crippen molar-refractivity contribution in [1.82, 2.24) is 15.0 Å². The molecule has 1 amide bonds. The molecule has 0 saturated carbocycles. The molecule has 0 radical (unpaired) electrons. The molecule has 2 aliphatic rings. The van der Waals surface area contributed by atoms with Crippen LogP contribution in [-0.4, -0.2) is 53.1 Å². The number of amides is 1. The zero-order chi connectivity index (χ0) is 18.1. The number of nitrogens with two attached hydrogens (primary N) is 1. The lowest BCUT2D eigenvalue weighted by atomic mass is 9.83. The maximum absolute atomic E-state index is 12.3. The predicted molar refractivity (Wildman–Crippen MR) is 115 cm³/mol. The van der Waals surface area contributed by atoms with E-state index in [4.69, 9.17) is 10.3 Å². The number of carbonyl (C=O) groups excluding carboxylic acids is 1. The first-order valence-corrected chi connectivity index (χ1v) is 9.72. The van der Waals surface area contributed by atoms with Gasteiger partial charge in [-0.1, -0.05) is 11.2 Å². The quantitative estimate of drug-likeness (QED) is 0.791. The highest BCUT2D eigenvalue weighted by Crippen LogP contribution is 2.32. The summed E-state index contributed by atoms with van der Waals surface area (Å²) in [6, 6.07) is 6.76. The van der Waals surface area contributed by atoms with Gasteiger partial charge in [-0.05, 0) is 56.3 Å². The second kappa shape index (κ2) is 9.92. The van der Waals surface area contributed by atoms with Crippen molar-refractivity contribution in [2.75, 3.05) is 26.2 Å². The molecule has 3 heterocycles. The smallest absolute Gasteiger partial charge is 0.222 e. The van der Waals surface area contributed by atoms with Crippen molar-refractivity contribution in [3.05, 3.63) is 29.5 Å². The number of halogens is 2. The molecule has 156 valence electrons. The third-order valence-electron chi connectivity index (χ3n) is 5.95. The molecule has 2 N–H and O–H groups in total. The van der Waals surface area contributed by atoms with Gasteiger partial charge in [0.1, 0.15) is 0 Å². The molecule has 28 heavy (non-hydrogen) atoms. The van der Waals surface area contributed by atoms with Crippen molar-refractivity contribution in [2.24, 2.45) is 11.7 Å². The Morgan fingerprint density at radius 2 is 2.11 bits per heavy atom. The van der Waals surface area contributed by atoms with Crippen molar-refractivity contribution in [3.8, 4) is 0 Å². The molecule has 6 nitrogen and oxygen atoms in total. The van der Waals surface area contributed by atoms with E-state index in [0.29, 0.717) is 30.8 Å². The van der Waals surface area contributed by atoms with Gasteiger partial charge in [0.2, 0.25) is 5.91 Å². The lowest BCUT2D eigenvalue weighted by molar-refractivity contribution is -0.141. The molecule has 2 aliphatic heterocycles. The normalized spacial score (nSPS) is 22.5. The summed E-state index contributed by atoms with van der Waals surface area (Å²) in [4.78, 5) is 17.0. The Bertz CT molecular complexity index is 798. The Morgan fingerprint density at radius 3 is 2.89 bits per heavy atom. The van der Waals surface area contributed by atoms with Crippen molar-refractivity contribution in [3.63, 3.8) is 0 Å². The molecule has 1 aromatic heterocycles. The van der Waals surface area contributed by atoms with Crippen LogP contribution in [-0.2, 0) is 11.3 Å². The van der Waals surface area contributed by atoms with Crippen LogP contribution in [0, 0.1) is 12.8 Å². The molecule has 8 heteroatoms. The standard InChI is InChI=1S/C20H28N4O2.2ClH/c1-14-17-11-15(3-5-19(17)26-22-14)12-23-10-7-18-16(13-23)4-6-20(25)24(18)9-2-8-21;;/h3,5,11,16,18H,2,4,6-10,12-13,21H2,1H3;2*1H/t16-,18+;;/m0../s1. The minimum Gasteiger partial charge on any atom is -0.356 e. The van der Waals surface area contributed by atoms with E-state index in [9.17, 15) is 4.79 Å². The van der Waals surface area contributed by atoms with Crippen molar-refractivity contribution in [2.45, 2.75) is 45.2 Å². The maximum Gasteiger partial charge on any atom is 0.222 e. The molecule has 2 saturated heterocycles. The number of rotatable bonds is 5.